The second-order valence-electron chi connectivity index (χ2n) is 7.45. The molecule has 0 amide bonds. The third-order valence-corrected chi connectivity index (χ3v) is 6.06. The Labute approximate surface area is 164 Å². The molecule has 136 valence electrons. The normalized spacial score (nSPS) is 19.8. The average molecular weight is 375 g/mol. The molecule has 0 radical (unpaired) electrons. The van der Waals surface area contributed by atoms with E-state index in [1.165, 1.54) is 6.42 Å². The molecular formula is C22H21N3OS. The van der Waals surface area contributed by atoms with E-state index in [1.54, 1.807) is 0 Å². The number of benzene rings is 2. The van der Waals surface area contributed by atoms with Crippen LogP contribution in [0.2, 0.25) is 0 Å². The summed E-state index contributed by atoms with van der Waals surface area (Å²) in [4.78, 5) is 6.59. The summed E-state index contributed by atoms with van der Waals surface area (Å²) in [6, 6.07) is 18.5. The zero-order valence-electron chi connectivity index (χ0n) is 15.0. The number of aromatic nitrogens is 1. The largest absolute Gasteiger partial charge is 0.487 e. The van der Waals surface area contributed by atoms with Gasteiger partial charge in [-0.25, -0.2) is 0 Å². The van der Waals surface area contributed by atoms with Crippen LogP contribution < -0.4 is 15.4 Å². The standard InChI is InChI=1S/C22H21N3OS/c23-21(27)25(18-9-3-8-17-15(18)7-4-13-24-17)19-14-22(11-5-12-22)26-20-10-2-1-6-16(19)20/h1-4,6-10,13,19H,5,11-12,14H2,(H2,23,27). The summed E-state index contributed by atoms with van der Waals surface area (Å²) in [5, 5.41) is 1.43. The predicted octanol–water partition coefficient (Wildman–Crippen LogP) is 4.73. The van der Waals surface area contributed by atoms with Gasteiger partial charge in [0.05, 0.1) is 17.2 Å². The van der Waals surface area contributed by atoms with Gasteiger partial charge in [0.25, 0.3) is 0 Å². The summed E-state index contributed by atoms with van der Waals surface area (Å²) in [6.07, 6.45) is 6.07. The Bertz CT molecular complexity index is 1030. The number of rotatable bonds is 2. The highest BCUT2D eigenvalue weighted by Crippen LogP contribution is 2.51. The Kier molecular flexibility index (Phi) is 3.79. The number of anilines is 1. The van der Waals surface area contributed by atoms with Gasteiger partial charge in [0, 0.05) is 23.6 Å². The van der Waals surface area contributed by atoms with Crippen molar-refractivity contribution >= 4 is 33.9 Å². The molecule has 1 aliphatic carbocycles. The van der Waals surface area contributed by atoms with Crippen LogP contribution in [0.1, 0.15) is 37.3 Å². The molecule has 1 aliphatic heterocycles. The molecule has 5 rings (SSSR count). The lowest BCUT2D eigenvalue weighted by molar-refractivity contribution is -0.0325. The van der Waals surface area contributed by atoms with Crippen molar-refractivity contribution in [3.63, 3.8) is 0 Å². The maximum absolute atomic E-state index is 6.42. The van der Waals surface area contributed by atoms with Gasteiger partial charge >= 0.3 is 0 Å². The fourth-order valence-corrected chi connectivity index (χ4v) is 4.66. The third-order valence-electron chi connectivity index (χ3n) is 5.87. The number of para-hydroxylation sites is 1. The lowest BCUT2D eigenvalue weighted by atomic mass is 9.72. The van der Waals surface area contributed by atoms with Crippen molar-refractivity contribution in [1.82, 2.24) is 4.98 Å². The molecule has 3 aromatic rings. The Morgan fingerprint density at radius 1 is 1.11 bits per heavy atom. The molecule has 1 atom stereocenters. The van der Waals surface area contributed by atoms with Gasteiger partial charge in [0.15, 0.2) is 5.11 Å². The van der Waals surface area contributed by atoms with Crippen LogP contribution in [-0.2, 0) is 0 Å². The van der Waals surface area contributed by atoms with E-state index in [4.69, 9.17) is 22.7 Å². The van der Waals surface area contributed by atoms with Crippen LogP contribution in [0, 0.1) is 0 Å². The number of hydrogen-bond donors (Lipinski definition) is 1. The molecule has 2 aliphatic rings. The Hall–Kier alpha value is -2.66. The van der Waals surface area contributed by atoms with E-state index in [-0.39, 0.29) is 11.6 Å². The molecule has 1 saturated carbocycles. The zero-order valence-corrected chi connectivity index (χ0v) is 15.8. The van der Waals surface area contributed by atoms with Crippen LogP contribution >= 0.6 is 12.2 Å². The van der Waals surface area contributed by atoms with Crippen molar-refractivity contribution < 1.29 is 4.74 Å². The van der Waals surface area contributed by atoms with E-state index in [1.807, 2.05) is 30.5 Å². The van der Waals surface area contributed by atoms with Gasteiger partial charge in [-0.15, -0.1) is 0 Å². The van der Waals surface area contributed by atoms with Crippen LogP contribution in [0.25, 0.3) is 10.9 Å². The van der Waals surface area contributed by atoms with Gasteiger partial charge in [-0.1, -0.05) is 24.3 Å². The molecule has 0 saturated heterocycles. The lowest BCUT2D eigenvalue weighted by Crippen LogP contribution is -2.51. The highest BCUT2D eigenvalue weighted by atomic mass is 32.1. The smallest absolute Gasteiger partial charge is 0.171 e. The van der Waals surface area contributed by atoms with Crippen molar-refractivity contribution in [2.24, 2.45) is 5.73 Å². The van der Waals surface area contributed by atoms with Crippen LogP contribution in [-0.4, -0.2) is 15.7 Å². The second-order valence-corrected chi connectivity index (χ2v) is 7.87. The van der Waals surface area contributed by atoms with E-state index in [9.17, 15) is 0 Å². The summed E-state index contributed by atoms with van der Waals surface area (Å²) in [5.41, 5.74) is 9.29. The number of fused-ring (bicyclic) bond motifs is 2. The first-order valence-corrected chi connectivity index (χ1v) is 9.78. The number of ether oxygens (including phenoxy) is 1. The number of nitrogens with two attached hydrogens (primary N) is 1. The highest BCUT2D eigenvalue weighted by molar-refractivity contribution is 7.80. The van der Waals surface area contributed by atoms with Gasteiger partial charge in [-0.05, 0) is 61.8 Å². The van der Waals surface area contributed by atoms with Crippen LogP contribution in [0.5, 0.6) is 5.75 Å². The fraction of sp³-hybridized carbons (Fsp3) is 0.273. The van der Waals surface area contributed by atoms with E-state index in [0.29, 0.717) is 5.11 Å². The van der Waals surface area contributed by atoms with Gasteiger partial charge in [-0.3, -0.25) is 4.98 Å². The monoisotopic (exact) mass is 375 g/mol. The SMILES string of the molecule is NC(=S)N(c1cccc2ncccc12)C1CC2(CCC2)Oc2ccccc21. The van der Waals surface area contributed by atoms with Crippen molar-refractivity contribution in [3.05, 3.63) is 66.4 Å². The second kappa shape index (κ2) is 6.20. The molecule has 4 nitrogen and oxygen atoms in total. The fourth-order valence-electron chi connectivity index (χ4n) is 4.43. The maximum atomic E-state index is 6.42. The minimum atomic E-state index is -0.0924. The molecule has 0 bridgehead atoms. The quantitative estimate of drug-likeness (QED) is 0.656. The molecule has 27 heavy (non-hydrogen) atoms. The molecule has 2 aromatic carbocycles. The van der Waals surface area contributed by atoms with Crippen LogP contribution in [0.3, 0.4) is 0 Å². The average Bonchev–Trinajstić information content (AvgIpc) is 2.66. The molecule has 5 heteroatoms. The van der Waals surface area contributed by atoms with E-state index < -0.39 is 0 Å². The maximum Gasteiger partial charge on any atom is 0.171 e. The van der Waals surface area contributed by atoms with Crippen molar-refractivity contribution in [1.29, 1.82) is 0 Å². The number of hydrogen-bond acceptors (Lipinski definition) is 3. The van der Waals surface area contributed by atoms with Crippen molar-refractivity contribution in [2.75, 3.05) is 4.90 Å². The molecule has 1 aromatic heterocycles. The first kappa shape index (κ1) is 16.5. The van der Waals surface area contributed by atoms with E-state index in [0.717, 1.165) is 47.2 Å². The summed E-state index contributed by atoms with van der Waals surface area (Å²) < 4.78 is 6.42. The number of thiocarbonyl (C=S) groups is 1. The Morgan fingerprint density at radius 2 is 1.96 bits per heavy atom. The zero-order chi connectivity index (χ0) is 18.4. The first-order valence-electron chi connectivity index (χ1n) is 9.37. The molecule has 2 heterocycles. The lowest BCUT2D eigenvalue weighted by Gasteiger charge is -2.50. The first-order chi connectivity index (χ1) is 13.2. The Balaban J connectivity index is 1.68. The minimum Gasteiger partial charge on any atom is -0.487 e. The van der Waals surface area contributed by atoms with E-state index in [2.05, 4.69) is 40.2 Å². The molecule has 1 fully saturated rings. The summed E-state index contributed by atoms with van der Waals surface area (Å²) in [7, 11) is 0. The van der Waals surface area contributed by atoms with Gasteiger partial charge in [0.1, 0.15) is 11.4 Å². The summed E-state index contributed by atoms with van der Waals surface area (Å²) >= 11 is 5.54. The molecule has 1 unspecified atom stereocenters. The topological polar surface area (TPSA) is 51.4 Å². The van der Waals surface area contributed by atoms with Gasteiger partial charge < -0.3 is 15.4 Å². The van der Waals surface area contributed by atoms with Crippen molar-refractivity contribution in [3.8, 4) is 5.75 Å². The summed E-state index contributed by atoms with van der Waals surface area (Å²) in [5.74, 6) is 0.952. The van der Waals surface area contributed by atoms with Crippen LogP contribution in [0.15, 0.2) is 60.8 Å². The summed E-state index contributed by atoms with van der Waals surface area (Å²) in [6.45, 7) is 0. The Morgan fingerprint density at radius 3 is 2.74 bits per heavy atom. The van der Waals surface area contributed by atoms with E-state index >= 15 is 0 Å². The number of nitrogens with zero attached hydrogens (tertiary/aromatic N) is 2. The third kappa shape index (κ3) is 2.65. The number of pyridine rings is 1. The molecule has 2 N–H and O–H groups in total. The van der Waals surface area contributed by atoms with Gasteiger partial charge in [-0.2, -0.15) is 0 Å². The van der Waals surface area contributed by atoms with Gasteiger partial charge in [0.2, 0.25) is 0 Å². The minimum absolute atomic E-state index is 0.0542. The molecular weight excluding hydrogens is 354 g/mol. The van der Waals surface area contributed by atoms with Crippen LogP contribution in [0.4, 0.5) is 5.69 Å². The van der Waals surface area contributed by atoms with Crippen molar-refractivity contribution in [2.45, 2.75) is 37.3 Å². The highest BCUT2D eigenvalue weighted by Gasteiger charge is 2.47. The molecule has 1 spiro atoms. The predicted molar refractivity (Wildman–Crippen MR) is 112 cm³/mol.